The first-order chi connectivity index (χ1) is 17.1. The van der Waals surface area contributed by atoms with Gasteiger partial charge in [0.1, 0.15) is 29.2 Å². The summed E-state index contributed by atoms with van der Waals surface area (Å²) >= 11 is 0. The monoisotopic (exact) mass is 510 g/mol. The number of allylic oxidation sites excluding steroid dienone is 3. The number of hydrogen-bond donors (Lipinski definition) is 2. The number of nitrogens with one attached hydrogen (secondary N) is 1. The lowest BCUT2D eigenvalue weighted by Crippen LogP contribution is -2.44. The second-order valence-corrected chi connectivity index (χ2v) is 8.97. The van der Waals surface area contributed by atoms with Gasteiger partial charge in [-0.25, -0.2) is 13.8 Å². The second kappa shape index (κ2) is 10.1. The maximum atomic E-state index is 13.5. The third-order valence-corrected chi connectivity index (χ3v) is 6.50. The van der Waals surface area contributed by atoms with E-state index in [4.69, 9.17) is 20.2 Å². The molecule has 11 heteroatoms. The van der Waals surface area contributed by atoms with Gasteiger partial charge in [0.25, 0.3) is 0 Å². The highest BCUT2D eigenvalue weighted by atomic mass is 19.4. The summed E-state index contributed by atoms with van der Waals surface area (Å²) in [6.07, 6.45) is 0.992. The maximum Gasteiger partial charge on any atom is 0.432 e. The molecule has 1 spiro atoms. The molecule has 0 saturated heterocycles. The number of methoxy groups -OCH3 is 1. The minimum Gasteiger partial charge on any atom is -0.498 e. The van der Waals surface area contributed by atoms with Crippen LogP contribution in [-0.4, -0.2) is 55.2 Å². The van der Waals surface area contributed by atoms with Gasteiger partial charge in [-0.15, -0.1) is 0 Å². The van der Waals surface area contributed by atoms with E-state index in [0.29, 0.717) is 22.8 Å². The number of nitrogens with zero attached hydrogens (tertiary/aromatic N) is 2. The van der Waals surface area contributed by atoms with Crippen molar-refractivity contribution >= 4 is 11.6 Å². The Bertz CT molecular complexity index is 1160. The molecule has 1 aromatic carbocycles. The molecule has 0 amide bonds. The minimum atomic E-state index is -4.59. The zero-order chi connectivity index (χ0) is 26.1. The predicted molar refractivity (Wildman–Crippen MR) is 126 cm³/mol. The number of nitrogens with two attached hydrogens (primary N) is 1. The van der Waals surface area contributed by atoms with Crippen LogP contribution < -0.4 is 11.1 Å². The third kappa shape index (κ3) is 5.22. The zero-order valence-corrected chi connectivity index (χ0v) is 19.8. The third-order valence-electron chi connectivity index (χ3n) is 6.50. The first kappa shape index (κ1) is 26.0. The molecule has 0 aromatic heterocycles. The molecule has 4 rings (SSSR count). The quantitative estimate of drug-likeness (QED) is 0.541. The molecule has 0 saturated carbocycles. The number of aliphatic imine (C=N–C) groups is 2. The lowest BCUT2D eigenvalue weighted by molar-refractivity contribution is -0.0586. The fraction of sp³-hybridized carbons (Fsp3) is 0.440. The first-order valence-corrected chi connectivity index (χ1v) is 11.5. The van der Waals surface area contributed by atoms with E-state index in [1.54, 1.807) is 12.2 Å². The molecule has 6 nitrogen and oxygen atoms in total. The molecule has 3 aliphatic rings. The molecular weight excluding hydrogens is 483 g/mol. The molecule has 194 valence electrons. The van der Waals surface area contributed by atoms with Gasteiger partial charge in [0.05, 0.1) is 7.11 Å². The Balaban J connectivity index is 1.53. The Morgan fingerprint density at radius 1 is 1.25 bits per heavy atom. The number of halogens is 5. The van der Waals surface area contributed by atoms with E-state index in [0.717, 1.165) is 18.2 Å². The average Bonchev–Trinajstić information content (AvgIpc) is 3.29. The summed E-state index contributed by atoms with van der Waals surface area (Å²) in [6, 6.07) is 3.02. The van der Waals surface area contributed by atoms with E-state index in [-0.39, 0.29) is 32.0 Å². The Morgan fingerprint density at radius 2 is 2.03 bits per heavy atom. The van der Waals surface area contributed by atoms with Gasteiger partial charge in [-0.2, -0.15) is 13.2 Å². The molecule has 1 aromatic rings. The molecule has 2 heterocycles. The van der Waals surface area contributed by atoms with Crippen LogP contribution in [0.4, 0.5) is 22.0 Å². The van der Waals surface area contributed by atoms with Crippen LogP contribution in [0.2, 0.25) is 0 Å². The topological polar surface area (TPSA) is 81.2 Å². The fourth-order valence-electron chi connectivity index (χ4n) is 4.59. The largest absolute Gasteiger partial charge is 0.498 e. The van der Waals surface area contributed by atoms with Crippen LogP contribution in [0.5, 0.6) is 0 Å². The van der Waals surface area contributed by atoms with Crippen LogP contribution in [0.3, 0.4) is 0 Å². The Morgan fingerprint density at radius 3 is 2.69 bits per heavy atom. The van der Waals surface area contributed by atoms with E-state index in [2.05, 4.69) is 10.3 Å². The van der Waals surface area contributed by atoms with E-state index >= 15 is 0 Å². The number of rotatable bonds is 7. The Kier molecular flexibility index (Phi) is 7.33. The SMILES string of the molecule is COC1=CC=C(C2=NC(C(C)NCc3ccc(F)c(F)c3)C(CN)O2)CC12CC=CC(C(F)(F)F)=N2. The van der Waals surface area contributed by atoms with Crippen molar-refractivity contribution in [3.05, 3.63) is 71.0 Å². The Labute approximate surface area is 205 Å². The highest BCUT2D eigenvalue weighted by Crippen LogP contribution is 2.41. The van der Waals surface area contributed by atoms with Gasteiger partial charge in [0.2, 0.25) is 5.90 Å². The predicted octanol–water partition coefficient (Wildman–Crippen LogP) is 4.13. The van der Waals surface area contributed by atoms with Crippen LogP contribution in [0.1, 0.15) is 25.3 Å². The lowest BCUT2D eigenvalue weighted by atomic mass is 9.80. The molecular formula is C25H27F5N4O2. The van der Waals surface area contributed by atoms with E-state index in [1.165, 1.54) is 19.3 Å². The van der Waals surface area contributed by atoms with Gasteiger partial charge in [-0.3, -0.25) is 4.99 Å². The number of hydrogen-bond acceptors (Lipinski definition) is 6. The van der Waals surface area contributed by atoms with Crippen LogP contribution in [0, 0.1) is 11.6 Å². The van der Waals surface area contributed by atoms with Crippen LogP contribution >= 0.6 is 0 Å². The van der Waals surface area contributed by atoms with Crippen molar-refractivity contribution in [1.82, 2.24) is 5.32 Å². The van der Waals surface area contributed by atoms with Gasteiger partial charge in [0, 0.05) is 31.1 Å². The van der Waals surface area contributed by atoms with Crippen molar-refractivity contribution in [2.45, 2.75) is 56.2 Å². The summed E-state index contributed by atoms with van der Waals surface area (Å²) in [5.41, 5.74) is 4.84. The van der Waals surface area contributed by atoms with Crippen LogP contribution in [0.25, 0.3) is 0 Å². The van der Waals surface area contributed by atoms with Crippen molar-refractivity contribution in [3.8, 4) is 0 Å². The Hall–Kier alpha value is -3.05. The summed E-state index contributed by atoms with van der Waals surface area (Å²) in [6.45, 7) is 2.30. The molecule has 0 bridgehead atoms. The molecule has 4 unspecified atom stereocenters. The van der Waals surface area contributed by atoms with E-state index in [1.807, 2.05) is 6.92 Å². The first-order valence-electron chi connectivity index (χ1n) is 11.5. The van der Waals surface area contributed by atoms with Gasteiger partial charge in [-0.05, 0) is 43.2 Å². The minimum absolute atomic E-state index is 0.107. The van der Waals surface area contributed by atoms with Gasteiger partial charge in [0.15, 0.2) is 11.6 Å². The number of ether oxygens (including phenoxy) is 2. The highest BCUT2D eigenvalue weighted by molar-refractivity contribution is 6.01. The smallest absolute Gasteiger partial charge is 0.432 e. The van der Waals surface area contributed by atoms with E-state index in [9.17, 15) is 22.0 Å². The summed E-state index contributed by atoms with van der Waals surface area (Å²) in [4.78, 5) is 8.75. The average molecular weight is 511 g/mol. The molecule has 1 aliphatic carbocycles. The van der Waals surface area contributed by atoms with Crippen LogP contribution in [-0.2, 0) is 16.0 Å². The second-order valence-electron chi connectivity index (χ2n) is 8.97. The van der Waals surface area contributed by atoms with Gasteiger partial charge in [-0.1, -0.05) is 18.2 Å². The molecule has 0 radical (unpaired) electrons. The summed E-state index contributed by atoms with van der Waals surface area (Å²) in [7, 11) is 1.40. The number of alkyl halides is 3. The summed E-state index contributed by atoms with van der Waals surface area (Å²) < 4.78 is 78.4. The number of dihydropyridines is 1. The van der Waals surface area contributed by atoms with Crippen molar-refractivity contribution in [2.75, 3.05) is 13.7 Å². The normalized spacial score (nSPS) is 26.7. The molecule has 36 heavy (non-hydrogen) atoms. The number of benzene rings is 1. The van der Waals surface area contributed by atoms with Crippen molar-refractivity contribution < 1.29 is 31.4 Å². The molecule has 0 fully saturated rings. The lowest BCUT2D eigenvalue weighted by Gasteiger charge is -2.36. The van der Waals surface area contributed by atoms with Crippen molar-refractivity contribution in [1.29, 1.82) is 0 Å². The fourth-order valence-corrected chi connectivity index (χ4v) is 4.59. The molecule has 2 aliphatic heterocycles. The van der Waals surface area contributed by atoms with Gasteiger partial charge >= 0.3 is 6.18 Å². The standard InChI is InChI=1S/C25H27F5N4O2/c1-14(32-13-15-5-7-17(26)18(27)10-15)22-19(12-31)36-23(33-22)16-6-8-21(35-2)24(11-16)9-3-4-20(34-24)25(28,29)30/h3-8,10,14,19,22,32H,9,11-13,31H2,1-2H3. The summed E-state index contributed by atoms with van der Waals surface area (Å²) in [5, 5.41) is 3.23. The maximum absolute atomic E-state index is 13.5. The van der Waals surface area contributed by atoms with Crippen molar-refractivity contribution in [3.63, 3.8) is 0 Å². The van der Waals surface area contributed by atoms with Crippen LogP contribution in [0.15, 0.2) is 63.8 Å². The van der Waals surface area contributed by atoms with Crippen molar-refractivity contribution in [2.24, 2.45) is 15.7 Å². The highest BCUT2D eigenvalue weighted by Gasteiger charge is 2.46. The molecule has 4 atom stereocenters. The zero-order valence-electron chi connectivity index (χ0n) is 19.8. The molecule has 3 N–H and O–H groups in total. The van der Waals surface area contributed by atoms with E-state index < -0.39 is 41.2 Å². The summed E-state index contributed by atoms with van der Waals surface area (Å²) in [5.74, 6) is -1.23. The van der Waals surface area contributed by atoms with Gasteiger partial charge < -0.3 is 20.5 Å².